The maximum absolute atomic E-state index is 12.7. The average Bonchev–Trinajstić information content (AvgIpc) is 2.68. The van der Waals surface area contributed by atoms with Crippen LogP contribution in [0.4, 0.5) is 0 Å². The van der Waals surface area contributed by atoms with E-state index in [0.717, 1.165) is 6.42 Å². The van der Waals surface area contributed by atoms with Gasteiger partial charge < -0.3 is 5.32 Å². The van der Waals surface area contributed by atoms with Crippen LogP contribution in [0.3, 0.4) is 0 Å². The van der Waals surface area contributed by atoms with Crippen molar-refractivity contribution >= 4 is 15.9 Å². The third kappa shape index (κ3) is 3.17. The van der Waals surface area contributed by atoms with Crippen LogP contribution in [-0.4, -0.2) is 36.7 Å². The summed E-state index contributed by atoms with van der Waals surface area (Å²) in [7, 11) is -3.79. The van der Waals surface area contributed by atoms with Crippen molar-refractivity contribution in [1.29, 1.82) is 0 Å². The highest BCUT2D eigenvalue weighted by molar-refractivity contribution is 7.89. The molecule has 2 heterocycles. The summed E-state index contributed by atoms with van der Waals surface area (Å²) in [5.41, 5.74) is 0.704. The van der Waals surface area contributed by atoms with Crippen LogP contribution in [0.1, 0.15) is 45.0 Å². The zero-order chi connectivity index (χ0) is 16.7. The Kier molecular flexibility index (Phi) is 4.36. The molecule has 1 atom stereocenters. The van der Waals surface area contributed by atoms with Crippen LogP contribution in [0, 0.1) is 13.8 Å². The molecule has 22 heavy (non-hydrogen) atoms. The van der Waals surface area contributed by atoms with E-state index >= 15 is 0 Å². The summed E-state index contributed by atoms with van der Waals surface area (Å²) in [5, 5.41) is 7.03. The molecule has 1 fully saturated rings. The van der Waals surface area contributed by atoms with Gasteiger partial charge in [0.05, 0.1) is 16.9 Å². The van der Waals surface area contributed by atoms with E-state index in [-0.39, 0.29) is 16.3 Å². The molecule has 1 aliphatic rings. The second-order valence-corrected chi connectivity index (χ2v) is 8.34. The van der Waals surface area contributed by atoms with Gasteiger partial charge in [-0.15, -0.1) is 0 Å². The summed E-state index contributed by atoms with van der Waals surface area (Å²) in [6.45, 7) is 9.89. The van der Waals surface area contributed by atoms with Gasteiger partial charge in [-0.3, -0.25) is 9.48 Å². The van der Waals surface area contributed by atoms with Gasteiger partial charge >= 0.3 is 0 Å². The molecule has 1 aromatic heterocycles. The van der Waals surface area contributed by atoms with Gasteiger partial charge in [0.2, 0.25) is 15.9 Å². The molecular weight excluding hydrogens is 304 g/mol. The minimum Gasteiger partial charge on any atom is -0.355 e. The van der Waals surface area contributed by atoms with Gasteiger partial charge in [-0.25, -0.2) is 8.42 Å². The van der Waals surface area contributed by atoms with Crippen molar-refractivity contribution < 1.29 is 13.2 Å². The van der Waals surface area contributed by atoms with Crippen molar-refractivity contribution in [3.05, 3.63) is 11.4 Å². The Morgan fingerprint density at radius 3 is 2.45 bits per heavy atom. The lowest BCUT2D eigenvalue weighted by Gasteiger charge is -2.23. The van der Waals surface area contributed by atoms with Gasteiger partial charge in [-0.1, -0.05) is 0 Å². The van der Waals surface area contributed by atoms with Crippen LogP contribution in [0.25, 0.3) is 0 Å². The van der Waals surface area contributed by atoms with Gasteiger partial charge in [0.1, 0.15) is 10.9 Å². The molecule has 2 N–H and O–H groups in total. The average molecular weight is 328 g/mol. The molecule has 2 rings (SSSR count). The van der Waals surface area contributed by atoms with E-state index in [2.05, 4.69) is 15.1 Å². The highest BCUT2D eigenvalue weighted by atomic mass is 32.2. The molecule has 0 radical (unpaired) electrons. The molecule has 1 aromatic rings. The molecule has 0 saturated carbocycles. The number of nitrogens with zero attached hydrogens (tertiary/aromatic N) is 2. The first-order chi connectivity index (χ1) is 10.0. The van der Waals surface area contributed by atoms with E-state index in [4.69, 9.17) is 0 Å². The quantitative estimate of drug-likeness (QED) is 0.859. The number of aryl methyl sites for hydroxylation is 1. The van der Waals surface area contributed by atoms with E-state index in [1.165, 1.54) is 0 Å². The summed E-state index contributed by atoms with van der Waals surface area (Å²) in [5.74, 6) is -0.270. The zero-order valence-corrected chi connectivity index (χ0v) is 14.5. The van der Waals surface area contributed by atoms with Gasteiger partial charge in [0, 0.05) is 6.54 Å². The molecule has 1 aliphatic heterocycles. The van der Waals surface area contributed by atoms with Crippen molar-refractivity contribution in [1.82, 2.24) is 19.8 Å². The monoisotopic (exact) mass is 328 g/mol. The number of nitrogens with one attached hydrogen (secondary N) is 2. The second kappa shape index (κ2) is 5.66. The SMILES string of the molecule is Cc1nn(C(C)(C)C)c(C)c1S(=O)(=O)N[C@@H]1CCCNC1=O. The van der Waals surface area contributed by atoms with Crippen molar-refractivity contribution in [2.45, 2.75) is 63.9 Å². The predicted octanol–water partition coefficient (Wildman–Crippen LogP) is 0.812. The number of hydrogen-bond acceptors (Lipinski definition) is 4. The topological polar surface area (TPSA) is 93.1 Å². The highest BCUT2D eigenvalue weighted by Gasteiger charge is 2.32. The third-order valence-corrected chi connectivity index (χ3v) is 5.43. The van der Waals surface area contributed by atoms with E-state index < -0.39 is 16.1 Å². The molecule has 0 aliphatic carbocycles. The Morgan fingerprint density at radius 1 is 1.32 bits per heavy atom. The summed E-state index contributed by atoms with van der Waals surface area (Å²) >= 11 is 0. The first kappa shape index (κ1) is 17.0. The van der Waals surface area contributed by atoms with Crippen LogP contribution >= 0.6 is 0 Å². The molecule has 0 aromatic carbocycles. The Bertz CT molecular complexity index is 686. The van der Waals surface area contributed by atoms with Gasteiger partial charge in [0.15, 0.2) is 0 Å². The second-order valence-electron chi connectivity index (χ2n) is 6.69. The number of sulfonamides is 1. The van der Waals surface area contributed by atoms with Crippen molar-refractivity contribution in [2.75, 3.05) is 6.54 Å². The first-order valence-electron chi connectivity index (χ1n) is 7.41. The summed E-state index contributed by atoms with van der Waals surface area (Å²) in [4.78, 5) is 11.9. The van der Waals surface area contributed by atoms with E-state index in [1.807, 2.05) is 20.8 Å². The molecule has 124 valence electrons. The fourth-order valence-electron chi connectivity index (χ4n) is 2.80. The molecule has 1 saturated heterocycles. The standard InChI is InChI=1S/C14H24N4O3S/c1-9-12(10(2)18(16-9)14(3,4)5)22(20,21)17-11-7-6-8-15-13(11)19/h11,17H,6-8H2,1-5H3,(H,15,19)/t11-/m1/s1. The van der Waals surface area contributed by atoms with Crippen molar-refractivity contribution in [3.8, 4) is 0 Å². The lowest BCUT2D eigenvalue weighted by atomic mass is 10.1. The Balaban J connectivity index is 2.38. The molecular formula is C14H24N4O3S. The predicted molar refractivity (Wildman–Crippen MR) is 83.1 cm³/mol. The highest BCUT2D eigenvalue weighted by Crippen LogP contribution is 2.25. The number of rotatable bonds is 3. The normalized spacial score (nSPS) is 20.0. The van der Waals surface area contributed by atoms with Crippen LogP contribution in [0.5, 0.6) is 0 Å². The van der Waals surface area contributed by atoms with E-state index in [1.54, 1.807) is 18.5 Å². The fraction of sp³-hybridized carbons (Fsp3) is 0.714. The van der Waals surface area contributed by atoms with Crippen molar-refractivity contribution in [2.24, 2.45) is 0 Å². The maximum Gasteiger partial charge on any atom is 0.244 e. The lowest BCUT2D eigenvalue weighted by molar-refractivity contribution is -0.124. The minimum absolute atomic E-state index is 0.167. The Labute approximate surface area is 131 Å². The Morgan fingerprint density at radius 2 is 1.95 bits per heavy atom. The van der Waals surface area contributed by atoms with E-state index in [0.29, 0.717) is 24.4 Å². The number of carbonyl (C=O) groups excluding carboxylic acids is 1. The smallest absolute Gasteiger partial charge is 0.244 e. The van der Waals surface area contributed by atoms with Crippen molar-refractivity contribution in [3.63, 3.8) is 0 Å². The molecule has 8 heteroatoms. The van der Waals surface area contributed by atoms with Gasteiger partial charge in [0.25, 0.3) is 0 Å². The van der Waals surface area contributed by atoms with Gasteiger partial charge in [-0.05, 0) is 47.5 Å². The maximum atomic E-state index is 12.7. The number of aromatic nitrogens is 2. The van der Waals surface area contributed by atoms with Crippen LogP contribution < -0.4 is 10.0 Å². The van der Waals surface area contributed by atoms with Crippen LogP contribution in [0.2, 0.25) is 0 Å². The molecule has 0 spiro atoms. The molecule has 7 nitrogen and oxygen atoms in total. The number of piperidine rings is 1. The van der Waals surface area contributed by atoms with Crippen LogP contribution in [-0.2, 0) is 20.4 Å². The molecule has 1 amide bonds. The largest absolute Gasteiger partial charge is 0.355 e. The third-order valence-electron chi connectivity index (χ3n) is 3.71. The van der Waals surface area contributed by atoms with Gasteiger partial charge in [-0.2, -0.15) is 9.82 Å². The lowest BCUT2D eigenvalue weighted by Crippen LogP contribution is -2.50. The summed E-state index contributed by atoms with van der Waals surface area (Å²) < 4.78 is 29.6. The Hall–Kier alpha value is -1.41. The van der Waals surface area contributed by atoms with Crippen LogP contribution in [0.15, 0.2) is 4.90 Å². The number of hydrogen-bond donors (Lipinski definition) is 2. The fourth-order valence-corrected chi connectivity index (χ4v) is 4.42. The number of amides is 1. The van der Waals surface area contributed by atoms with E-state index in [9.17, 15) is 13.2 Å². The summed E-state index contributed by atoms with van der Waals surface area (Å²) in [6, 6.07) is -0.712. The zero-order valence-electron chi connectivity index (χ0n) is 13.7. The summed E-state index contributed by atoms with van der Waals surface area (Å²) in [6.07, 6.45) is 1.27. The minimum atomic E-state index is -3.79. The molecule has 0 unspecified atom stereocenters. The first-order valence-corrected chi connectivity index (χ1v) is 8.89. The number of carbonyl (C=O) groups is 1. The molecule has 0 bridgehead atoms.